The second-order valence-corrected chi connectivity index (χ2v) is 6.22. The van der Waals surface area contributed by atoms with Crippen molar-refractivity contribution in [2.75, 3.05) is 0 Å². The summed E-state index contributed by atoms with van der Waals surface area (Å²) in [5, 5.41) is 12.5. The molecule has 3 rings (SSSR count). The van der Waals surface area contributed by atoms with E-state index in [1.807, 2.05) is 30.3 Å². The molecule has 0 aliphatic carbocycles. The van der Waals surface area contributed by atoms with Crippen molar-refractivity contribution in [3.05, 3.63) is 101 Å². The molecule has 1 amide bonds. The molecule has 2 aromatic carbocycles. The van der Waals surface area contributed by atoms with Gasteiger partial charge in [0.25, 0.3) is 5.91 Å². The van der Waals surface area contributed by atoms with Gasteiger partial charge >= 0.3 is 0 Å². The fourth-order valence-electron chi connectivity index (χ4n) is 2.66. The molecule has 0 atom stereocenters. The van der Waals surface area contributed by atoms with E-state index in [0.717, 1.165) is 12.1 Å². The summed E-state index contributed by atoms with van der Waals surface area (Å²) in [6.07, 6.45) is 4.21. The Balaban J connectivity index is 1.60. The van der Waals surface area contributed by atoms with Crippen LogP contribution >= 0.6 is 0 Å². The van der Waals surface area contributed by atoms with Crippen LogP contribution < -0.4 is 5.32 Å². The zero-order chi connectivity index (χ0) is 19.8. The summed E-state index contributed by atoms with van der Waals surface area (Å²) in [6.45, 7) is -0.0183. The smallest absolute Gasteiger partial charge is 0.286 e. The van der Waals surface area contributed by atoms with Crippen molar-refractivity contribution < 1.29 is 14.3 Å². The molecule has 0 fully saturated rings. The van der Waals surface area contributed by atoms with E-state index in [4.69, 9.17) is 0 Å². The molecule has 0 aliphatic heterocycles. The van der Waals surface area contributed by atoms with Gasteiger partial charge in [0, 0.05) is 23.9 Å². The lowest BCUT2D eigenvalue weighted by Crippen LogP contribution is -2.24. The SMILES string of the molecule is O=C(NCc1ccccc1F)/C(O)=C/c1cc(CCc2ccccc2)ncn1. The lowest BCUT2D eigenvalue weighted by Gasteiger charge is -2.06. The summed E-state index contributed by atoms with van der Waals surface area (Å²) >= 11 is 0. The van der Waals surface area contributed by atoms with Gasteiger partial charge in [-0.05, 0) is 30.5 Å². The van der Waals surface area contributed by atoms with Gasteiger partial charge in [-0.1, -0.05) is 48.5 Å². The average molecular weight is 377 g/mol. The van der Waals surface area contributed by atoms with Crippen molar-refractivity contribution in [2.24, 2.45) is 0 Å². The molecule has 0 bridgehead atoms. The number of hydrogen-bond acceptors (Lipinski definition) is 4. The lowest BCUT2D eigenvalue weighted by atomic mass is 10.1. The van der Waals surface area contributed by atoms with Crippen LogP contribution in [0.5, 0.6) is 0 Å². The molecule has 0 spiro atoms. The van der Waals surface area contributed by atoms with Crippen molar-refractivity contribution in [3.63, 3.8) is 0 Å². The molecule has 0 saturated carbocycles. The van der Waals surface area contributed by atoms with Gasteiger partial charge in [-0.3, -0.25) is 4.79 Å². The number of aryl methyl sites for hydroxylation is 2. The number of rotatable bonds is 7. The molecule has 28 heavy (non-hydrogen) atoms. The van der Waals surface area contributed by atoms with Gasteiger partial charge in [-0.25, -0.2) is 14.4 Å². The van der Waals surface area contributed by atoms with E-state index in [0.29, 0.717) is 17.7 Å². The van der Waals surface area contributed by atoms with Gasteiger partial charge < -0.3 is 10.4 Å². The van der Waals surface area contributed by atoms with Gasteiger partial charge in [0.2, 0.25) is 0 Å². The standard InChI is InChI=1S/C22H20FN3O2/c23-20-9-5-4-8-17(20)14-24-22(28)21(27)13-19-12-18(25-15-26-19)11-10-16-6-2-1-3-7-16/h1-9,12-13,15,27H,10-11,14H2,(H,24,28)/b21-13-. The fourth-order valence-corrected chi connectivity index (χ4v) is 2.66. The van der Waals surface area contributed by atoms with Gasteiger partial charge in [0.05, 0.1) is 5.69 Å². The number of nitrogens with zero attached hydrogens (tertiary/aromatic N) is 2. The van der Waals surface area contributed by atoms with E-state index in [-0.39, 0.29) is 6.54 Å². The first-order valence-corrected chi connectivity index (χ1v) is 8.89. The highest BCUT2D eigenvalue weighted by Crippen LogP contribution is 2.09. The second-order valence-electron chi connectivity index (χ2n) is 6.22. The number of aliphatic hydroxyl groups is 1. The topological polar surface area (TPSA) is 75.1 Å². The third kappa shape index (κ3) is 5.48. The molecular weight excluding hydrogens is 357 g/mol. The van der Waals surface area contributed by atoms with Crippen LogP contribution in [0, 0.1) is 5.82 Å². The molecule has 6 heteroatoms. The van der Waals surface area contributed by atoms with Crippen molar-refractivity contribution in [1.82, 2.24) is 15.3 Å². The Hall–Kier alpha value is -3.54. The van der Waals surface area contributed by atoms with Crippen molar-refractivity contribution in [2.45, 2.75) is 19.4 Å². The Bertz CT molecular complexity index is 974. The highest BCUT2D eigenvalue weighted by Gasteiger charge is 2.10. The molecule has 0 radical (unpaired) electrons. The monoisotopic (exact) mass is 377 g/mol. The predicted molar refractivity (Wildman–Crippen MR) is 105 cm³/mol. The fraction of sp³-hybridized carbons (Fsp3) is 0.136. The quantitative estimate of drug-likeness (QED) is 0.487. The van der Waals surface area contributed by atoms with E-state index in [9.17, 15) is 14.3 Å². The second kappa shape index (κ2) is 9.41. The molecule has 142 valence electrons. The Labute approximate surface area is 162 Å². The first kappa shape index (κ1) is 19.2. The average Bonchev–Trinajstić information content (AvgIpc) is 2.72. The Morgan fingerprint density at radius 2 is 1.79 bits per heavy atom. The van der Waals surface area contributed by atoms with E-state index in [2.05, 4.69) is 15.3 Å². The number of benzene rings is 2. The number of aromatic nitrogens is 2. The maximum atomic E-state index is 13.6. The Morgan fingerprint density at radius 1 is 1.04 bits per heavy atom. The minimum absolute atomic E-state index is 0.0183. The van der Waals surface area contributed by atoms with Crippen LogP contribution in [0.1, 0.15) is 22.5 Å². The predicted octanol–water partition coefficient (Wildman–Crippen LogP) is 3.62. The lowest BCUT2D eigenvalue weighted by molar-refractivity contribution is -0.120. The van der Waals surface area contributed by atoms with E-state index in [1.165, 1.54) is 24.0 Å². The number of carbonyl (C=O) groups excluding carboxylic acids is 1. The molecule has 1 aromatic heterocycles. The summed E-state index contributed by atoms with van der Waals surface area (Å²) in [5.41, 5.74) is 2.78. The minimum Gasteiger partial charge on any atom is -0.503 e. The maximum absolute atomic E-state index is 13.6. The summed E-state index contributed by atoms with van der Waals surface area (Å²) in [7, 11) is 0. The maximum Gasteiger partial charge on any atom is 0.286 e. The summed E-state index contributed by atoms with van der Waals surface area (Å²) in [4.78, 5) is 20.3. The molecule has 0 unspecified atom stereocenters. The Morgan fingerprint density at radius 3 is 2.57 bits per heavy atom. The number of aliphatic hydroxyl groups excluding tert-OH is 1. The van der Waals surface area contributed by atoms with Crippen LogP contribution in [-0.2, 0) is 24.2 Å². The number of amides is 1. The normalized spacial score (nSPS) is 11.2. The number of nitrogens with one attached hydrogen (secondary N) is 1. The zero-order valence-corrected chi connectivity index (χ0v) is 15.2. The number of halogens is 1. The van der Waals surface area contributed by atoms with Gasteiger partial charge in [-0.2, -0.15) is 0 Å². The van der Waals surface area contributed by atoms with E-state index in [1.54, 1.807) is 24.3 Å². The molecular formula is C22H20FN3O2. The van der Waals surface area contributed by atoms with Crippen LogP contribution in [0.25, 0.3) is 6.08 Å². The molecule has 0 aliphatic rings. The van der Waals surface area contributed by atoms with E-state index >= 15 is 0 Å². The Kier molecular flexibility index (Phi) is 6.46. The van der Waals surface area contributed by atoms with Crippen molar-refractivity contribution in [3.8, 4) is 0 Å². The van der Waals surface area contributed by atoms with Gasteiger partial charge in [-0.15, -0.1) is 0 Å². The first-order chi connectivity index (χ1) is 13.6. The van der Waals surface area contributed by atoms with Crippen molar-refractivity contribution >= 4 is 12.0 Å². The van der Waals surface area contributed by atoms with Crippen LogP contribution in [0.15, 0.2) is 72.8 Å². The van der Waals surface area contributed by atoms with E-state index < -0.39 is 17.5 Å². The van der Waals surface area contributed by atoms with Crippen LogP contribution in [-0.4, -0.2) is 21.0 Å². The van der Waals surface area contributed by atoms with Gasteiger partial charge in [0.1, 0.15) is 12.1 Å². The third-order valence-corrected chi connectivity index (χ3v) is 4.17. The molecule has 3 aromatic rings. The highest BCUT2D eigenvalue weighted by molar-refractivity contribution is 5.95. The molecule has 5 nitrogen and oxygen atoms in total. The highest BCUT2D eigenvalue weighted by atomic mass is 19.1. The molecule has 1 heterocycles. The zero-order valence-electron chi connectivity index (χ0n) is 15.2. The largest absolute Gasteiger partial charge is 0.503 e. The minimum atomic E-state index is -0.701. The van der Waals surface area contributed by atoms with Crippen LogP contribution in [0.3, 0.4) is 0 Å². The van der Waals surface area contributed by atoms with Crippen LogP contribution in [0.4, 0.5) is 4.39 Å². The third-order valence-electron chi connectivity index (χ3n) is 4.17. The summed E-state index contributed by atoms with van der Waals surface area (Å²) in [5.74, 6) is -1.61. The number of hydrogen-bond donors (Lipinski definition) is 2. The van der Waals surface area contributed by atoms with Gasteiger partial charge in [0.15, 0.2) is 5.76 Å². The van der Waals surface area contributed by atoms with Crippen LogP contribution in [0.2, 0.25) is 0 Å². The molecule has 0 saturated heterocycles. The molecule has 2 N–H and O–H groups in total. The summed E-state index contributed by atoms with van der Waals surface area (Å²) < 4.78 is 13.6. The summed E-state index contributed by atoms with van der Waals surface area (Å²) in [6, 6.07) is 17.9. The first-order valence-electron chi connectivity index (χ1n) is 8.89. The number of carbonyl (C=O) groups is 1. The van der Waals surface area contributed by atoms with Crippen molar-refractivity contribution in [1.29, 1.82) is 0 Å².